The fraction of sp³-hybridized carbons (Fsp3) is 0.758. The SMILES string of the molecule is CC1C(=O)NC(=O)C1C.CCC(C)c1ccc(C(C)(C)C)cc1.CCC1CCC(COC(C)CC)CC1. The van der Waals surface area contributed by atoms with Crippen LogP contribution in [0, 0.1) is 23.7 Å². The van der Waals surface area contributed by atoms with Crippen LogP contribution in [0.2, 0.25) is 0 Å². The third-order valence-electron chi connectivity index (χ3n) is 8.52. The smallest absolute Gasteiger partial charge is 0.230 e. The van der Waals surface area contributed by atoms with Crippen LogP contribution in [0.4, 0.5) is 0 Å². The van der Waals surface area contributed by atoms with E-state index in [1.54, 1.807) is 13.8 Å². The van der Waals surface area contributed by atoms with Gasteiger partial charge >= 0.3 is 0 Å². The molecule has 1 aromatic carbocycles. The number of carbonyl (C=O) groups excluding carboxylic acids is 2. The van der Waals surface area contributed by atoms with Gasteiger partial charge in [0.25, 0.3) is 0 Å². The topological polar surface area (TPSA) is 55.4 Å². The Balaban J connectivity index is 0.000000285. The van der Waals surface area contributed by atoms with Gasteiger partial charge < -0.3 is 4.74 Å². The molecular weight excluding hydrogens is 458 g/mol. The zero-order valence-electron chi connectivity index (χ0n) is 25.7. The second-order valence-corrected chi connectivity index (χ2v) is 12.5. The van der Waals surface area contributed by atoms with Crippen molar-refractivity contribution in [3.05, 3.63) is 35.4 Å². The van der Waals surface area contributed by atoms with Crippen molar-refractivity contribution in [1.82, 2.24) is 5.32 Å². The van der Waals surface area contributed by atoms with E-state index in [9.17, 15) is 9.59 Å². The molecule has 1 saturated heterocycles. The van der Waals surface area contributed by atoms with E-state index in [-0.39, 0.29) is 29.1 Å². The molecule has 1 saturated carbocycles. The molecule has 4 atom stereocenters. The van der Waals surface area contributed by atoms with Gasteiger partial charge in [0.15, 0.2) is 0 Å². The predicted molar refractivity (Wildman–Crippen MR) is 157 cm³/mol. The lowest BCUT2D eigenvalue weighted by Crippen LogP contribution is -2.21. The molecule has 2 fully saturated rings. The van der Waals surface area contributed by atoms with Crippen LogP contribution in [0.3, 0.4) is 0 Å². The fourth-order valence-corrected chi connectivity index (χ4v) is 4.58. The highest BCUT2D eigenvalue weighted by Crippen LogP contribution is 2.31. The third kappa shape index (κ3) is 11.7. The van der Waals surface area contributed by atoms with E-state index >= 15 is 0 Å². The molecule has 4 nitrogen and oxygen atoms in total. The molecule has 0 spiro atoms. The Morgan fingerprint density at radius 3 is 1.68 bits per heavy atom. The van der Waals surface area contributed by atoms with Crippen molar-refractivity contribution < 1.29 is 14.3 Å². The quantitative estimate of drug-likeness (QED) is 0.371. The molecule has 1 aliphatic carbocycles. The van der Waals surface area contributed by atoms with E-state index in [0.717, 1.165) is 24.9 Å². The minimum absolute atomic E-state index is 0.141. The minimum atomic E-state index is -0.146. The number of ether oxygens (including phenoxy) is 1. The lowest BCUT2D eigenvalue weighted by Gasteiger charge is -2.28. The summed E-state index contributed by atoms with van der Waals surface area (Å²) in [7, 11) is 0. The number of hydrogen-bond donors (Lipinski definition) is 1. The fourth-order valence-electron chi connectivity index (χ4n) is 4.58. The maximum atomic E-state index is 10.7. The Bertz CT molecular complexity index is 769. The maximum Gasteiger partial charge on any atom is 0.230 e. The first kappa shape index (κ1) is 33.3. The minimum Gasteiger partial charge on any atom is -0.378 e. The van der Waals surface area contributed by atoms with Crippen LogP contribution in [0.25, 0.3) is 0 Å². The van der Waals surface area contributed by atoms with E-state index in [1.807, 2.05) is 0 Å². The number of rotatable bonds is 7. The highest BCUT2D eigenvalue weighted by molar-refractivity contribution is 6.04. The van der Waals surface area contributed by atoms with Gasteiger partial charge in [-0.05, 0) is 66.9 Å². The molecule has 4 heteroatoms. The summed E-state index contributed by atoms with van der Waals surface area (Å²) in [5.41, 5.74) is 3.15. The zero-order valence-corrected chi connectivity index (χ0v) is 25.7. The monoisotopic (exact) mass is 515 g/mol. The van der Waals surface area contributed by atoms with Crippen LogP contribution in [-0.2, 0) is 19.7 Å². The highest BCUT2D eigenvalue weighted by Gasteiger charge is 2.34. The average Bonchev–Trinajstić information content (AvgIpc) is 3.12. The Morgan fingerprint density at radius 1 is 0.838 bits per heavy atom. The Kier molecular flexibility index (Phi) is 14.7. The van der Waals surface area contributed by atoms with Gasteiger partial charge in [-0.25, -0.2) is 0 Å². The molecule has 1 aromatic rings. The Labute approximate surface area is 228 Å². The van der Waals surface area contributed by atoms with E-state index in [1.165, 1.54) is 49.7 Å². The summed E-state index contributed by atoms with van der Waals surface area (Å²) in [5.74, 6) is 1.97. The Morgan fingerprint density at radius 2 is 1.32 bits per heavy atom. The summed E-state index contributed by atoms with van der Waals surface area (Å²) in [4.78, 5) is 21.3. The van der Waals surface area contributed by atoms with Crippen molar-refractivity contribution in [2.75, 3.05) is 6.61 Å². The van der Waals surface area contributed by atoms with Gasteiger partial charge in [-0.2, -0.15) is 0 Å². The summed E-state index contributed by atoms with van der Waals surface area (Å²) < 4.78 is 5.80. The predicted octanol–water partition coefficient (Wildman–Crippen LogP) is 8.43. The number of carbonyl (C=O) groups is 2. The van der Waals surface area contributed by atoms with Crippen LogP contribution < -0.4 is 5.32 Å². The van der Waals surface area contributed by atoms with Gasteiger partial charge in [0.05, 0.1) is 6.10 Å². The van der Waals surface area contributed by atoms with Crippen molar-refractivity contribution in [3.8, 4) is 0 Å². The molecule has 0 aromatic heterocycles. The van der Waals surface area contributed by atoms with Gasteiger partial charge in [-0.15, -0.1) is 0 Å². The number of imide groups is 1. The number of benzene rings is 1. The van der Waals surface area contributed by atoms with Gasteiger partial charge in [0.2, 0.25) is 11.8 Å². The molecule has 1 aliphatic heterocycles. The number of nitrogens with one attached hydrogen (secondary N) is 1. The molecule has 212 valence electrons. The molecule has 37 heavy (non-hydrogen) atoms. The van der Waals surface area contributed by atoms with Crippen molar-refractivity contribution >= 4 is 11.8 Å². The van der Waals surface area contributed by atoms with Crippen LogP contribution in [-0.4, -0.2) is 24.5 Å². The second-order valence-electron chi connectivity index (χ2n) is 12.5. The van der Waals surface area contributed by atoms with E-state index in [4.69, 9.17) is 4.74 Å². The summed E-state index contributed by atoms with van der Waals surface area (Å²) >= 11 is 0. The first-order chi connectivity index (χ1) is 17.3. The Hall–Kier alpha value is -1.68. The first-order valence-electron chi connectivity index (χ1n) is 14.9. The molecule has 3 rings (SSSR count). The van der Waals surface area contributed by atoms with E-state index < -0.39 is 0 Å². The van der Waals surface area contributed by atoms with Crippen molar-refractivity contribution in [1.29, 1.82) is 0 Å². The van der Waals surface area contributed by atoms with Gasteiger partial charge in [-0.1, -0.05) is 106 Å². The first-order valence-corrected chi connectivity index (χ1v) is 14.9. The van der Waals surface area contributed by atoms with Crippen LogP contribution in [0.1, 0.15) is 131 Å². The summed E-state index contributed by atoms with van der Waals surface area (Å²) in [6.07, 6.45) is 9.86. The molecule has 4 unspecified atom stereocenters. The average molecular weight is 516 g/mol. The van der Waals surface area contributed by atoms with Crippen LogP contribution in [0.15, 0.2) is 24.3 Å². The van der Waals surface area contributed by atoms with Crippen molar-refractivity contribution in [2.24, 2.45) is 23.7 Å². The summed E-state index contributed by atoms with van der Waals surface area (Å²) in [6.45, 7) is 22.5. The lowest BCUT2D eigenvalue weighted by molar-refractivity contribution is -0.126. The molecule has 0 bridgehead atoms. The molecule has 1 heterocycles. The largest absolute Gasteiger partial charge is 0.378 e. The number of amides is 2. The molecule has 0 radical (unpaired) electrons. The van der Waals surface area contributed by atoms with E-state index in [0.29, 0.717) is 12.0 Å². The molecule has 2 aliphatic rings. The third-order valence-corrected chi connectivity index (χ3v) is 8.52. The van der Waals surface area contributed by atoms with E-state index in [2.05, 4.69) is 85.0 Å². The molecule has 2 amide bonds. The number of hydrogen-bond acceptors (Lipinski definition) is 3. The summed E-state index contributed by atoms with van der Waals surface area (Å²) in [6, 6.07) is 9.08. The molecule has 1 N–H and O–H groups in total. The van der Waals surface area contributed by atoms with Gasteiger partial charge in [-0.3, -0.25) is 14.9 Å². The second kappa shape index (κ2) is 16.3. The molecular formula is C33H57NO3. The maximum absolute atomic E-state index is 10.7. The van der Waals surface area contributed by atoms with Crippen LogP contribution in [0.5, 0.6) is 0 Å². The normalized spacial score (nSPS) is 25.2. The van der Waals surface area contributed by atoms with Gasteiger partial charge in [0, 0.05) is 18.4 Å². The zero-order chi connectivity index (χ0) is 28.2. The summed E-state index contributed by atoms with van der Waals surface area (Å²) in [5, 5.41) is 2.24. The highest BCUT2D eigenvalue weighted by atomic mass is 16.5. The standard InChI is InChI=1S/C14H22.C13H26O.C6H9NO2/c1-6-11(2)12-7-9-13(10-8-12)14(3,4)5;1-4-11(3)14-10-13-8-6-12(5-2)7-9-13;1-3-4(2)6(9)7-5(3)8/h7-11H,6H2,1-5H3;11-13H,4-10H2,1-3H3;3-4H,1-2H3,(H,7,8,9). The lowest BCUT2D eigenvalue weighted by atomic mass is 9.81. The van der Waals surface area contributed by atoms with Gasteiger partial charge in [0.1, 0.15) is 0 Å². The van der Waals surface area contributed by atoms with Crippen molar-refractivity contribution in [2.45, 2.75) is 132 Å². The van der Waals surface area contributed by atoms with Crippen LogP contribution >= 0.6 is 0 Å². The van der Waals surface area contributed by atoms with Crippen molar-refractivity contribution in [3.63, 3.8) is 0 Å².